The van der Waals surface area contributed by atoms with E-state index in [9.17, 15) is 14.0 Å². The molecule has 1 N–H and O–H groups in total. The van der Waals surface area contributed by atoms with Crippen molar-refractivity contribution < 1.29 is 14.0 Å². The van der Waals surface area contributed by atoms with Crippen LogP contribution in [0.1, 0.15) is 39.2 Å². The summed E-state index contributed by atoms with van der Waals surface area (Å²) in [4.78, 5) is 28.5. The SMILES string of the molecule is CC[C@@H](C(=O)NC(C)C)N(Cc1ccc(F)cc1)C(=O)CCSc1ccccc1. The average molecular weight is 417 g/mol. The first-order chi connectivity index (χ1) is 13.9. The molecule has 2 aromatic carbocycles. The van der Waals surface area contributed by atoms with Gasteiger partial charge in [0.1, 0.15) is 11.9 Å². The van der Waals surface area contributed by atoms with Crippen LogP contribution in [0.4, 0.5) is 4.39 Å². The van der Waals surface area contributed by atoms with Gasteiger partial charge in [0.2, 0.25) is 11.8 Å². The molecule has 1 atom stereocenters. The smallest absolute Gasteiger partial charge is 0.243 e. The molecule has 2 amide bonds. The van der Waals surface area contributed by atoms with E-state index in [-0.39, 0.29) is 30.2 Å². The highest BCUT2D eigenvalue weighted by atomic mass is 32.2. The first-order valence-electron chi connectivity index (χ1n) is 9.92. The minimum atomic E-state index is -0.559. The third-order valence-corrected chi connectivity index (χ3v) is 5.42. The molecule has 0 heterocycles. The lowest BCUT2D eigenvalue weighted by Gasteiger charge is -2.31. The lowest BCUT2D eigenvalue weighted by atomic mass is 10.1. The molecule has 156 valence electrons. The molecule has 0 unspecified atom stereocenters. The number of hydrogen-bond donors (Lipinski definition) is 1. The van der Waals surface area contributed by atoms with Crippen LogP contribution < -0.4 is 5.32 Å². The number of benzene rings is 2. The van der Waals surface area contributed by atoms with Gasteiger partial charge in [-0.1, -0.05) is 37.3 Å². The molecule has 0 aromatic heterocycles. The zero-order valence-corrected chi connectivity index (χ0v) is 18.0. The summed E-state index contributed by atoms with van der Waals surface area (Å²) in [6.07, 6.45) is 0.837. The second-order valence-electron chi connectivity index (χ2n) is 7.15. The topological polar surface area (TPSA) is 49.4 Å². The van der Waals surface area contributed by atoms with Crippen LogP contribution in [0, 0.1) is 5.82 Å². The van der Waals surface area contributed by atoms with Crippen LogP contribution in [0.5, 0.6) is 0 Å². The Morgan fingerprint density at radius 3 is 2.31 bits per heavy atom. The van der Waals surface area contributed by atoms with Crippen LogP contribution in [0.15, 0.2) is 59.5 Å². The summed E-state index contributed by atoms with van der Waals surface area (Å²) in [5, 5.41) is 2.91. The second kappa shape index (κ2) is 11.6. The fourth-order valence-electron chi connectivity index (χ4n) is 3.00. The molecule has 4 nitrogen and oxygen atoms in total. The van der Waals surface area contributed by atoms with Gasteiger partial charge in [-0.25, -0.2) is 4.39 Å². The first kappa shape index (κ1) is 22.9. The molecule has 0 aliphatic carbocycles. The maximum absolute atomic E-state index is 13.3. The minimum absolute atomic E-state index is 0.00652. The van der Waals surface area contributed by atoms with E-state index in [1.54, 1.807) is 28.8 Å². The number of carbonyl (C=O) groups is 2. The van der Waals surface area contributed by atoms with E-state index in [1.165, 1.54) is 12.1 Å². The fraction of sp³-hybridized carbons (Fsp3) is 0.391. The lowest BCUT2D eigenvalue weighted by molar-refractivity contribution is -0.141. The summed E-state index contributed by atoms with van der Waals surface area (Å²) in [5.74, 6) is 0.0676. The Hall–Kier alpha value is -2.34. The molecular formula is C23H29FN2O2S. The van der Waals surface area contributed by atoms with Crippen LogP contribution in [0.25, 0.3) is 0 Å². The summed E-state index contributed by atoms with van der Waals surface area (Å²) in [6, 6.07) is 15.4. The van der Waals surface area contributed by atoms with E-state index in [0.717, 1.165) is 10.5 Å². The predicted octanol–water partition coefficient (Wildman–Crippen LogP) is 4.64. The van der Waals surface area contributed by atoms with Crippen molar-refractivity contribution in [2.45, 2.75) is 57.1 Å². The molecular weight excluding hydrogens is 387 g/mol. The van der Waals surface area contributed by atoms with Crippen molar-refractivity contribution in [2.24, 2.45) is 0 Å². The Morgan fingerprint density at radius 1 is 1.07 bits per heavy atom. The number of carbonyl (C=O) groups excluding carboxylic acids is 2. The maximum atomic E-state index is 13.3. The molecule has 2 aromatic rings. The van der Waals surface area contributed by atoms with E-state index >= 15 is 0 Å². The van der Waals surface area contributed by atoms with Crippen LogP contribution in [-0.4, -0.2) is 34.6 Å². The van der Waals surface area contributed by atoms with Crippen molar-refractivity contribution in [3.63, 3.8) is 0 Å². The van der Waals surface area contributed by atoms with Gasteiger partial charge in [-0.2, -0.15) is 0 Å². The molecule has 0 spiro atoms. The van der Waals surface area contributed by atoms with Crippen molar-refractivity contribution in [2.75, 3.05) is 5.75 Å². The molecule has 0 aliphatic rings. The number of nitrogens with one attached hydrogen (secondary N) is 1. The number of rotatable bonds is 10. The summed E-state index contributed by atoms with van der Waals surface area (Å²) < 4.78 is 13.3. The van der Waals surface area contributed by atoms with E-state index in [0.29, 0.717) is 18.6 Å². The monoisotopic (exact) mass is 416 g/mol. The van der Waals surface area contributed by atoms with Crippen molar-refractivity contribution >= 4 is 23.6 Å². The molecule has 0 aliphatic heterocycles. The van der Waals surface area contributed by atoms with Crippen LogP contribution >= 0.6 is 11.8 Å². The zero-order valence-electron chi connectivity index (χ0n) is 17.2. The average Bonchev–Trinajstić information content (AvgIpc) is 2.69. The van der Waals surface area contributed by atoms with Gasteiger partial charge < -0.3 is 10.2 Å². The largest absolute Gasteiger partial charge is 0.352 e. The van der Waals surface area contributed by atoms with Crippen molar-refractivity contribution in [3.05, 3.63) is 66.0 Å². The summed E-state index contributed by atoms with van der Waals surface area (Å²) in [5.41, 5.74) is 0.797. The maximum Gasteiger partial charge on any atom is 0.243 e. The molecule has 6 heteroatoms. The predicted molar refractivity (Wildman–Crippen MR) is 116 cm³/mol. The zero-order chi connectivity index (χ0) is 21.2. The Morgan fingerprint density at radius 2 is 1.72 bits per heavy atom. The quantitative estimate of drug-likeness (QED) is 0.574. The van der Waals surface area contributed by atoms with E-state index in [1.807, 2.05) is 51.1 Å². The Kier molecular flexibility index (Phi) is 9.19. The molecule has 0 saturated heterocycles. The second-order valence-corrected chi connectivity index (χ2v) is 8.32. The molecule has 0 saturated carbocycles. The van der Waals surface area contributed by atoms with Gasteiger partial charge in [0, 0.05) is 29.7 Å². The van der Waals surface area contributed by atoms with Gasteiger partial charge in [0.25, 0.3) is 0 Å². The van der Waals surface area contributed by atoms with Crippen molar-refractivity contribution in [3.8, 4) is 0 Å². The number of halogens is 1. The molecule has 2 rings (SSSR count). The van der Waals surface area contributed by atoms with E-state index < -0.39 is 6.04 Å². The summed E-state index contributed by atoms with van der Waals surface area (Å²) in [6.45, 7) is 5.97. The van der Waals surface area contributed by atoms with Crippen LogP contribution in [0.2, 0.25) is 0 Å². The number of thioether (sulfide) groups is 1. The van der Waals surface area contributed by atoms with E-state index in [4.69, 9.17) is 0 Å². The highest BCUT2D eigenvalue weighted by molar-refractivity contribution is 7.99. The van der Waals surface area contributed by atoms with Crippen molar-refractivity contribution in [1.82, 2.24) is 10.2 Å². The van der Waals surface area contributed by atoms with Crippen LogP contribution in [0.3, 0.4) is 0 Å². The Bertz CT molecular complexity index is 781. The van der Waals surface area contributed by atoms with Gasteiger partial charge in [-0.3, -0.25) is 9.59 Å². The third-order valence-electron chi connectivity index (χ3n) is 4.41. The van der Waals surface area contributed by atoms with Gasteiger partial charge in [-0.05, 0) is 50.1 Å². The molecule has 0 bridgehead atoms. The lowest BCUT2D eigenvalue weighted by Crippen LogP contribution is -2.50. The Labute approximate surface area is 176 Å². The normalized spacial score (nSPS) is 11.9. The van der Waals surface area contributed by atoms with Gasteiger partial charge in [-0.15, -0.1) is 11.8 Å². The van der Waals surface area contributed by atoms with Gasteiger partial charge >= 0.3 is 0 Å². The first-order valence-corrected chi connectivity index (χ1v) is 10.9. The highest BCUT2D eigenvalue weighted by Gasteiger charge is 2.28. The summed E-state index contributed by atoms with van der Waals surface area (Å²) >= 11 is 1.62. The summed E-state index contributed by atoms with van der Waals surface area (Å²) in [7, 11) is 0. The molecule has 0 fully saturated rings. The minimum Gasteiger partial charge on any atom is -0.352 e. The fourth-order valence-corrected chi connectivity index (χ4v) is 3.87. The number of hydrogen-bond acceptors (Lipinski definition) is 3. The van der Waals surface area contributed by atoms with Crippen LogP contribution in [-0.2, 0) is 16.1 Å². The van der Waals surface area contributed by atoms with Gasteiger partial charge in [0.15, 0.2) is 0 Å². The number of nitrogens with zero attached hydrogens (tertiary/aromatic N) is 1. The molecule has 29 heavy (non-hydrogen) atoms. The standard InChI is InChI=1S/C23H29FN2O2S/c1-4-21(23(28)25-17(2)3)26(16-18-10-12-19(24)13-11-18)22(27)14-15-29-20-8-6-5-7-9-20/h5-13,17,21H,4,14-16H2,1-3H3,(H,25,28)/t21-/m0/s1. The molecule has 0 radical (unpaired) electrons. The third kappa shape index (κ3) is 7.54. The van der Waals surface area contributed by atoms with Gasteiger partial charge in [0.05, 0.1) is 0 Å². The highest BCUT2D eigenvalue weighted by Crippen LogP contribution is 2.20. The number of amides is 2. The van der Waals surface area contributed by atoms with Crippen molar-refractivity contribution in [1.29, 1.82) is 0 Å². The Balaban J connectivity index is 2.11. The van der Waals surface area contributed by atoms with E-state index in [2.05, 4.69) is 5.32 Å².